The van der Waals surface area contributed by atoms with Crippen LogP contribution in [0.5, 0.6) is 5.75 Å². The first-order valence-electron chi connectivity index (χ1n) is 6.20. The molecule has 0 aliphatic carbocycles. The SMILES string of the molecule is Cc1cc(NC(=O)COc2cc(Cl)c(Cl)cc2Cl)ccc1Br. The normalized spacial score (nSPS) is 10.4. The van der Waals surface area contributed by atoms with Gasteiger partial charge in [0.25, 0.3) is 5.91 Å². The highest BCUT2D eigenvalue weighted by atomic mass is 79.9. The maximum absolute atomic E-state index is 11.9. The van der Waals surface area contributed by atoms with Gasteiger partial charge in [-0.15, -0.1) is 0 Å². The Labute approximate surface area is 151 Å². The zero-order valence-electron chi connectivity index (χ0n) is 11.4. The van der Waals surface area contributed by atoms with Crippen molar-refractivity contribution in [2.24, 2.45) is 0 Å². The number of amides is 1. The van der Waals surface area contributed by atoms with Crippen molar-refractivity contribution >= 4 is 62.3 Å². The Morgan fingerprint density at radius 3 is 2.50 bits per heavy atom. The fourth-order valence-corrected chi connectivity index (χ4v) is 2.52. The molecule has 1 N–H and O–H groups in total. The van der Waals surface area contributed by atoms with Gasteiger partial charge in [-0.3, -0.25) is 4.79 Å². The summed E-state index contributed by atoms with van der Waals surface area (Å²) < 4.78 is 6.34. The van der Waals surface area contributed by atoms with Gasteiger partial charge >= 0.3 is 0 Å². The lowest BCUT2D eigenvalue weighted by Gasteiger charge is -2.10. The molecule has 0 aliphatic rings. The number of aryl methyl sites for hydroxylation is 1. The fourth-order valence-electron chi connectivity index (χ4n) is 1.68. The summed E-state index contributed by atoms with van der Waals surface area (Å²) in [7, 11) is 0. The molecule has 0 radical (unpaired) electrons. The monoisotopic (exact) mass is 421 g/mol. The predicted octanol–water partition coefficient (Wildman–Crippen LogP) is 5.74. The fraction of sp³-hybridized carbons (Fsp3) is 0.133. The van der Waals surface area contributed by atoms with E-state index >= 15 is 0 Å². The molecule has 0 bridgehead atoms. The van der Waals surface area contributed by atoms with Gasteiger partial charge in [0.05, 0.1) is 15.1 Å². The van der Waals surface area contributed by atoms with Gasteiger partial charge in [0.1, 0.15) is 5.75 Å². The molecule has 116 valence electrons. The van der Waals surface area contributed by atoms with Crippen LogP contribution in [0.2, 0.25) is 15.1 Å². The average molecular weight is 424 g/mol. The highest BCUT2D eigenvalue weighted by Gasteiger charge is 2.10. The number of carbonyl (C=O) groups excluding carboxylic acids is 1. The van der Waals surface area contributed by atoms with Crippen LogP contribution in [0, 0.1) is 6.92 Å². The Morgan fingerprint density at radius 2 is 1.82 bits per heavy atom. The molecular weight excluding hydrogens is 412 g/mol. The first kappa shape index (κ1) is 17.4. The van der Waals surface area contributed by atoms with Crippen LogP contribution in [0.3, 0.4) is 0 Å². The highest BCUT2D eigenvalue weighted by molar-refractivity contribution is 9.10. The van der Waals surface area contributed by atoms with Crippen LogP contribution in [0.1, 0.15) is 5.56 Å². The van der Waals surface area contributed by atoms with Crippen LogP contribution in [0.4, 0.5) is 5.69 Å². The number of hydrogen-bond acceptors (Lipinski definition) is 2. The second kappa shape index (κ2) is 7.55. The average Bonchev–Trinajstić information content (AvgIpc) is 2.45. The summed E-state index contributed by atoms with van der Waals surface area (Å²) in [5.74, 6) is 0.00191. The Hall–Kier alpha value is -0.940. The van der Waals surface area contributed by atoms with E-state index in [-0.39, 0.29) is 12.5 Å². The van der Waals surface area contributed by atoms with Gasteiger partial charge in [-0.2, -0.15) is 0 Å². The second-order valence-corrected chi connectivity index (χ2v) is 6.57. The van der Waals surface area contributed by atoms with Crippen LogP contribution >= 0.6 is 50.7 Å². The predicted molar refractivity (Wildman–Crippen MR) is 94.5 cm³/mol. The van der Waals surface area contributed by atoms with Gasteiger partial charge in [0, 0.05) is 16.2 Å². The Balaban J connectivity index is 1.98. The van der Waals surface area contributed by atoms with Crippen molar-refractivity contribution in [1.29, 1.82) is 0 Å². The number of nitrogens with one attached hydrogen (secondary N) is 1. The Morgan fingerprint density at radius 1 is 1.14 bits per heavy atom. The number of benzene rings is 2. The van der Waals surface area contributed by atoms with Crippen molar-refractivity contribution in [1.82, 2.24) is 0 Å². The second-order valence-electron chi connectivity index (χ2n) is 4.50. The third-order valence-electron chi connectivity index (χ3n) is 2.78. The van der Waals surface area contributed by atoms with E-state index in [1.54, 1.807) is 6.07 Å². The van der Waals surface area contributed by atoms with E-state index < -0.39 is 0 Å². The summed E-state index contributed by atoms with van der Waals surface area (Å²) in [4.78, 5) is 11.9. The lowest BCUT2D eigenvalue weighted by Crippen LogP contribution is -2.20. The molecule has 2 rings (SSSR count). The summed E-state index contributed by atoms with van der Waals surface area (Å²) in [6.07, 6.45) is 0. The van der Waals surface area contributed by atoms with E-state index in [1.807, 2.05) is 19.1 Å². The van der Waals surface area contributed by atoms with Crippen molar-refractivity contribution in [3.63, 3.8) is 0 Å². The number of carbonyl (C=O) groups is 1. The molecule has 3 nitrogen and oxygen atoms in total. The number of halogens is 4. The van der Waals surface area contributed by atoms with Crippen molar-refractivity contribution in [2.45, 2.75) is 6.92 Å². The van der Waals surface area contributed by atoms with Crippen molar-refractivity contribution in [2.75, 3.05) is 11.9 Å². The summed E-state index contributed by atoms with van der Waals surface area (Å²) in [6.45, 7) is 1.75. The van der Waals surface area contributed by atoms with Gasteiger partial charge in [-0.05, 0) is 36.8 Å². The Kier molecular flexibility index (Phi) is 5.98. The molecule has 7 heteroatoms. The van der Waals surface area contributed by atoms with E-state index in [0.29, 0.717) is 26.5 Å². The minimum atomic E-state index is -0.302. The molecule has 0 aromatic heterocycles. The molecule has 0 unspecified atom stereocenters. The molecule has 1 amide bonds. The van der Waals surface area contributed by atoms with Crippen LogP contribution in [-0.2, 0) is 4.79 Å². The Bertz CT molecular complexity index is 722. The topological polar surface area (TPSA) is 38.3 Å². The van der Waals surface area contributed by atoms with E-state index in [1.165, 1.54) is 12.1 Å². The standard InChI is InChI=1S/C15H11BrCl3NO2/c1-8-4-9(2-3-10(8)16)20-15(21)7-22-14-6-12(18)11(17)5-13(14)19/h2-6H,7H2,1H3,(H,20,21). The molecule has 2 aromatic rings. The van der Waals surface area contributed by atoms with E-state index in [9.17, 15) is 4.79 Å². The minimum absolute atomic E-state index is 0.188. The molecule has 0 atom stereocenters. The van der Waals surface area contributed by atoms with Crippen molar-refractivity contribution < 1.29 is 9.53 Å². The molecule has 0 fully saturated rings. The molecule has 0 aliphatic heterocycles. The van der Waals surface area contributed by atoms with Crippen molar-refractivity contribution in [3.05, 3.63) is 55.4 Å². The van der Waals surface area contributed by atoms with E-state index in [0.717, 1.165) is 10.0 Å². The molecule has 0 heterocycles. The molecule has 22 heavy (non-hydrogen) atoms. The number of rotatable bonds is 4. The maximum atomic E-state index is 11.9. The van der Waals surface area contributed by atoms with Gasteiger partial charge in [-0.25, -0.2) is 0 Å². The first-order chi connectivity index (χ1) is 10.4. The lowest BCUT2D eigenvalue weighted by molar-refractivity contribution is -0.118. The van der Waals surface area contributed by atoms with E-state index in [4.69, 9.17) is 39.5 Å². The maximum Gasteiger partial charge on any atom is 0.262 e. The summed E-state index contributed by atoms with van der Waals surface area (Å²) in [5.41, 5.74) is 1.71. The zero-order valence-corrected chi connectivity index (χ0v) is 15.3. The van der Waals surface area contributed by atoms with Gasteiger partial charge in [0.2, 0.25) is 0 Å². The van der Waals surface area contributed by atoms with Gasteiger partial charge in [0.15, 0.2) is 6.61 Å². The lowest BCUT2D eigenvalue weighted by atomic mass is 10.2. The van der Waals surface area contributed by atoms with Crippen LogP contribution in [0.15, 0.2) is 34.8 Å². The number of hydrogen-bond donors (Lipinski definition) is 1. The third kappa shape index (κ3) is 4.53. The number of ether oxygens (including phenoxy) is 1. The molecule has 0 saturated carbocycles. The quantitative estimate of drug-likeness (QED) is 0.638. The smallest absolute Gasteiger partial charge is 0.262 e. The third-order valence-corrected chi connectivity index (χ3v) is 4.68. The van der Waals surface area contributed by atoms with Crippen LogP contribution in [0.25, 0.3) is 0 Å². The van der Waals surface area contributed by atoms with Crippen molar-refractivity contribution in [3.8, 4) is 5.75 Å². The minimum Gasteiger partial charge on any atom is -0.482 e. The van der Waals surface area contributed by atoms with Gasteiger partial charge < -0.3 is 10.1 Å². The zero-order chi connectivity index (χ0) is 16.3. The summed E-state index contributed by atoms with van der Waals surface area (Å²) in [6, 6.07) is 8.46. The highest BCUT2D eigenvalue weighted by Crippen LogP contribution is 2.33. The number of anilines is 1. The molecule has 0 spiro atoms. The van der Waals surface area contributed by atoms with Crippen LogP contribution in [-0.4, -0.2) is 12.5 Å². The molecule has 0 saturated heterocycles. The molecular formula is C15H11BrCl3NO2. The van der Waals surface area contributed by atoms with E-state index in [2.05, 4.69) is 21.2 Å². The summed E-state index contributed by atoms with van der Waals surface area (Å²) in [5, 5.41) is 3.67. The first-order valence-corrected chi connectivity index (χ1v) is 8.13. The van der Waals surface area contributed by atoms with Crippen LogP contribution < -0.4 is 10.1 Å². The largest absolute Gasteiger partial charge is 0.482 e. The van der Waals surface area contributed by atoms with Gasteiger partial charge in [-0.1, -0.05) is 50.7 Å². The summed E-state index contributed by atoms with van der Waals surface area (Å²) >= 11 is 21.1. The molecule has 2 aromatic carbocycles.